The first-order valence-electron chi connectivity index (χ1n) is 4.97. The number of rotatable bonds is 2. The summed E-state index contributed by atoms with van der Waals surface area (Å²) in [7, 11) is 2.58. The number of esters is 2. The number of piperidine rings is 1. The second-order valence-electron chi connectivity index (χ2n) is 3.87. The fraction of sp³-hybridized carbons (Fsp3) is 0.800. The van der Waals surface area contributed by atoms with Gasteiger partial charge in [-0.2, -0.15) is 0 Å². The molecule has 94 valence electrons. The molecule has 0 aromatic heterocycles. The summed E-state index contributed by atoms with van der Waals surface area (Å²) in [5.74, 6) is -0.995. The summed E-state index contributed by atoms with van der Waals surface area (Å²) in [6.07, 6.45) is 0.850. The minimum Gasteiger partial charge on any atom is -0.468 e. The molecule has 0 saturated carbocycles. The Morgan fingerprint density at radius 1 is 1.25 bits per heavy atom. The maximum atomic E-state index is 11.7. The molecule has 1 rings (SSSR count). The lowest BCUT2D eigenvalue weighted by atomic mass is 9.76. The summed E-state index contributed by atoms with van der Waals surface area (Å²) in [5.41, 5.74) is -1.12. The third kappa shape index (κ3) is 2.65. The van der Waals surface area contributed by atoms with Gasteiger partial charge in [0, 0.05) is 6.04 Å². The average Bonchev–Trinajstić information content (AvgIpc) is 2.26. The van der Waals surface area contributed by atoms with Gasteiger partial charge in [-0.3, -0.25) is 9.59 Å². The van der Waals surface area contributed by atoms with E-state index in [0.717, 1.165) is 0 Å². The summed E-state index contributed by atoms with van der Waals surface area (Å²) in [6.45, 7) is 2.55. The zero-order chi connectivity index (χ0) is 11.5. The summed E-state index contributed by atoms with van der Waals surface area (Å²) < 4.78 is 9.39. The molecule has 0 aromatic rings. The number of ether oxygens (including phenoxy) is 2. The van der Waals surface area contributed by atoms with E-state index in [4.69, 9.17) is 9.47 Å². The van der Waals surface area contributed by atoms with E-state index in [2.05, 4.69) is 5.32 Å². The molecule has 0 aliphatic carbocycles. The number of methoxy groups -OCH3 is 2. The zero-order valence-corrected chi connectivity index (χ0v) is 10.6. The van der Waals surface area contributed by atoms with Crippen LogP contribution in [0.3, 0.4) is 0 Å². The molecule has 1 heterocycles. The van der Waals surface area contributed by atoms with Gasteiger partial charge in [-0.1, -0.05) is 0 Å². The van der Waals surface area contributed by atoms with Crippen molar-refractivity contribution in [2.24, 2.45) is 5.41 Å². The third-order valence-corrected chi connectivity index (χ3v) is 2.85. The van der Waals surface area contributed by atoms with Crippen molar-refractivity contribution in [2.45, 2.75) is 25.8 Å². The Balaban J connectivity index is 0.00000225. The van der Waals surface area contributed by atoms with Crippen LogP contribution >= 0.6 is 12.4 Å². The molecule has 5 nitrogen and oxygen atoms in total. The van der Waals surface area contributed by atoms with E-state index >= 15 is 0 Å². The minimum atomic E-state index is -1.12. The molecule has 16 heavy (non-hydrogen) atoms. The van der Waals surface area contributed by atoms with E-state index in [9.17, 15) is 9.59 Å². The van der Waals surface area contributed by atoms with E-state index in [1.165, 1.54) is 14.2 Å². The lowest BCUT2D eigenvalue weighted by molar-refractivity contribution is -0.172. The van der Waals surface area contributed by atoms with Crippen molar-refractivity contribution < 1.29 is 19.1 Å². The molecule has 1 unspecified atom stereocenters. The zero-order valence-electron chi connectivity index (χ0n) is 9.74. The van der Waals surface area contributed by atoms with Gasteiger partial charge in [0.25, 0.3) is 0 Å². The topological polar surface area (TPSA) is 64.6 Å². The van der Waals surface area contributed by atoms with Crippen molar-refractivity contribution in [3.8, 4) is 0 Å². The van der Waals surface area contributed by atoms with Crippen LogP contribution < -0.4 is 5.32 Å². The normalized spacial score (nSPS) is 22.8. The van der Waals surface area contributed by atoms with Gasteiger partial charge in [-0.05, 0) is 26.3 Å². The monoisotopic (exact) mass is 251 g/mol. The van der Waals surface area contributed by atoms with Gasteiger partial charge < -0.3 is 14.8 Å². The number of hydrogen-bond acceptors (Lipinski definition) is 5. The number of hydrogen-bond donors (Lipinski definition) is 1. The number of halogens is 1. The highest BCUT2D eigenvalue weighted by Gasteiger charge is 2.50. The van der Waals surface area contributed by atoms with Crippen molar-refractivity contribution in [2.75, 3.05) is 20.8 Å². The largest absolute Gasteiger partial charge is 0.468 e. The van der Waals surface area contributed by atoms with E-state index < -0.39 is 17.4 Å². The van der Waals surface area contributed by atoms with Crippen molar-refractivity contribution in [3.05, 3.63) is 0 Å². The highest BCUT2D eigenvalue weighted by atomic mass is 35.5. The molecule has 0 bridgehead atoms. The molecular formula is C10H18ClNO4. The predicted molar refractivity (Wildman–Crippen MR) is 60.4 cm³/mol. The van der Waals surface area contributed by atoms with Crippen LogP contribution in [0.4, 0.5) is 0 Å². The van der Waals surface area contributed by atoms with E-state index in [1.807, 2.05) is 6.92 Å². The van der Waals surface area contributed by atoms with Crippen LogP contribution in [0.1, 0.15) is 19.8 Å². The number of carbonyl (C=O) groups excluding carboxylic acids is 2. The Bertz CT molecular complexity index is 254. The van der Waals surface area contributed by atoms with Crippen molar-refractivity contribution in [1.82, 2.24) is 5.32 Å². The van der Waals surface area contributed by atoms with Crippen molar-refractivity contribution >= 4 is 24.3 Å². The number of nitrogens with one attached hydrogen (secondary N) is 1. The first kappa shape index (κ1) is 15.2. The van der Waals surface area contributed by atoms with Crippen molar-refractivity contribution in [1.29, 1.82) is 0 Å². The Morgan fingerprint density at radius 2 is 1.75 bits per heavy atom. The molecule has 0 radical (unpaired) electrons. The molecule has 1 N–H and O–H groups in total. The van der Waals surface area contributed by atoms with E-state index in [1.54, 1.807) is 0 Å². The highest BCUT2D eigenvalue weighted by Crippen LogP contribution is 2.33. The standard InChI is InChI=1S/C10H17NO4.ClH/c1-7-6-10(4-5-11-7,8(12)14-2)9(13)15-3;/h7,11H,4-6H2,1-3H3;1H. The lowest BCUT2D eigenvalue weighted by Gasteiger charge is -2.35. The molecule has 0 spiro atoms. The van der Waals surface area contributed by atoms with Gasteiger partial charge >= 0.3 is 11.9 Å². The smallest absolute Gasteiger partial charge is 0.323 e. The Morgan fingerprint density at radius 3 is 2.12 bits per heavy atom. The molecule has 1 aliphatic heterocycles. The van der Waals surface area contributed by atoms with Crippen LogP contribution in [0.2, 0.25) is 0 Å². The minimum absolute atomic E-state index is 0. The molecule has 0 amide bonds. The van der Waals surface area contributed by atoms with E-state index in [0.29, 0.717) is 19.4 Å². The van der Waals surface area contributed by atoms with Crippen LogP contribution in [0.25, 0.3) is 0 Å². The second-order valence-corrected chi connectivity index (χ2v) is 3.87. The molecular weight excluding hydrogens is 234 g/mol. The summed E-state index contributed by atoms with van der Waals surface area (Å²) in [5, 5.41) is 3.18. The maximum Gasteiger partial charge on any atom is 0.323 e. The lowest BCUT2D eigenvalue weighted by Crippen LogP contribution is -2.51. The summed E-state index contributed by atoms with van der Waals surface area (Å²) in [4.78, 5) is 23.4. The molecule has 6 heteroatoms. The van der Waals surface area contributed by atoms with Crippen LogP contribution in [0.15, 0.2) is 0 Å². The van der Waals surface area contributed by atoms with Gasteiger partial charge in [0.2, 0.25) is 0 Å². The SMILES string of the molecule is COC(=O)C1(C(=O)OC)CCNC(C)C1.Cl. The van der Waals surface area contributed by atoms with Crippen molar-refractivity contribution in [3.63, 3.8) is 0 Å². The fourth-order valence-corrected chi connectivity index (χ4v) is 2.07. The summed E-state index contributed by atoms with van der Waals surface area (Å²) >= 11 is 0. The average molecular weight is 252 g/mol. The predicted octanol–water partition coefficient (Wildman–Crippen LogP) is 0.512. The third-order valence-electron chi connectivity index (χ3n) is 2.85. The Kier molecular flexibility index (Phi) is 5.75. The van der Waals surface area contributed by atoms with Gasteiger partial charge in [0.15, 0.2) is 5.41 Å². The first-order chi connectivity index (χ1) is 7.06. The van der Waals surface area contributed by atoms with Crippen LogP contribution in [-0.2, 0) is 19.1 Å². The highest BCUT2D eigenvalue weighted by molar-refractivity contribution is 6.00. The van der Waals surface area contributed by atoms with Crippen LogP contribution in [-0.4, -0.2) is 38.7 Å². The molecule has 0 aromatic carbocycles. The Hall–Kier alpha value is -0.810. The van der Waals surface area contributed by atoms with Gasteiger partial charge in [0.1, 0.15) is 0 Å². The Labute approximate surface area is 101 Å². The quantitative estimate of drug-likeness (QED) is 0.572. The van der Waals surface area contributed by atoms with Gasteiger partial charge in [0.05, 0.1) is 14.2 Å². The van der Waals surface area contributed by atoms with Crippen LogP contribution in [0, 0.1) is 5.41 Å². The van der Waals surface area contributed by atoms with Crippen LogP contribution in [0.5, 0.6) is 0 Å². The van der Waals surface area contributed by atoms with Gasteiger partial charge in [-0.25, -0.2) is 0 Å². The fourth-order valence-electron chi connectivity index (χ4n) is 2.07. The number of carbonyl (C=O) groups is 2. The molecule has 1 aliphatic rings. The molecule has 1 fully saturated rings. The second kappa shape index (κ2) is 6.06. The maximum absolute atomic E-state index is 11.7. The first-order valence-corrected chi connectivity index (χ1v) is 4.97. The van der Waals surface area contributed by atoms with E-state index in [-0.39, 0.29) is 18.4 Å². The van der Waals surface area contributed by atoms with Gasteiger partial charge in [-0.15, -0.1) is 12.4 Å². The molecule has 1 atom stereocenters. The molecule has 1 saturated heterocycles. The summed E-state index contributed by atoms with van der Waals surface area (Å²) in [6, 6.07) is 0.108.